The third kappa shape index (κ3) is 6.08. The van der Waals surface area contributed by atoms with E-state index in [9.17, 15) is 19.5 Å². The highest BCUT2D eigenvalue weighted by Crippen LogP contribution is 1.99. The maximum atomic E-state index is 11.5. The molecular formula is C10H14N2O5. The maximum absolute atomic E-state index is 11.5. The van der Waals surface area contributed by atoms with Crippen molar-refractivity contribution < 1.29 is 24.2 Å². The molecule has 0 saturated heterocycles. The Kier molecular flexibility index (Phi) is 6.24. The lowest BCUT2D eigenvalue weighted by atomic mass is 10.2. The lowest BCUT2D eigenvalue weighted by Crippen LogP contribution is -2.33. The molecule has 0 heterocycles. The number of hydrogen-bond acceptors (Lipinski definition) is 5. The number of imide groups is 1. The molecule has 2 N–H and O–H groups in total. The molecule has 0 fully saturated rings. The second-order valence-electron chi connectivity index (χ2n) is 2.95. The number of nitrogens with zero attached hydrogens (tertiary/aromatic N) is 1. The molecule has 0 spiro atoms. The lowest BCUT2D eigenvalue weighted by molar-refractivity contribution is -0.116. The average molecular weight is 242 g/mol. The highest BCUT2D eigenvalue weighted by atomic mass is 16.5. The summed E-state index contributed by atoms with van der Waals surface area (Å²) in [6, 6.07) is 0. The van der Waals surface area contributed by atoms with Gasteiger partial charge in [-0.3, -0.25) is 14.9 Å². The van der Waals surface area contributed by atoms with Gasteiger partial charge in [-0.05, 0) is 13.8 Å². The number of amides is 3. The van der Waals surface area contributed by atoms with Crippen LogP contribution in [0.1, 0.15) is 20.8 Å². The average Bonchev–Trinajstić information content (AvgIpc) is 2.16. The van der Waals surface area contributed by atoms with E-state index in [1.165, 1.54) is 13.8 Å². The molecule has 0 aliphatic carbocycles. The van der Waals surface area contributed by atoms with E-state index in [0.717, 1.165) is 6.21 Å². The van der Waals surface area contributed by atoms with Crippen molar-refractivity contribution in [1.29, 1.82) is 0 Å². The normalized spacial score (nSPS) is 11.9. The van der Waals surface area contributed by atoms with Crippen LogP contribution in [0.3, 0.4) is 0 Å². The van der Waals surface area contributed by atoms with Gasteiger partial charge >= 0.3 is 6.09 Å². The Labute approximate surface area is 98.2 Å². The number of aliphatic hydroxyl groups excluding tert-OH is 1. The largest absolute Gasteiger partial charge is 0.512 e. The van der Waals surface area contributed by atoms with Gasteiger partial charge in [-0.2, -0.15) is 0 Å². The second-order valence-corrected chi connectivity index (χ2v) is 2.95. The fourth-order valence-electron chi connectivity index (χ4n) is 0.799. The summed E-state index contributed by atoms with van der Waals surface area (Å²) in [5.74, 6) is -1.79. The summed E-state index contributed by atoms with van der Waals surface area (Å²) in [7, 11) is 0. The van der Waals surface area contributed by atoms with Crippen LogP contribution >= 0.6 is 0 Å². The van der Waals surface area contributed by atoms with E-state index in [1.807, 2.05) is 5.32 Å². The van der Waals surface area contributed by atoms with Crippen molar-refractivity contribution in [2.45, 2.75) is 20.8 Å². The zero-order chi connectivity index (χ0) is 13.4. The Hall–Kier alpha value is -2.18. The first-order valence-electron chi connectivity index (χ1n) is 4.81. The molecule has 0 atom stereocenters. The summed E-state index contributed by atoms with van der Waals surface area (Å²) in [5.41, 5.74) is -0.284. The maximum Gasteiger partial charge on any atom is 0.414 e. The Morgan fingerprint density at radius 3 is 2.35 bits per heavy atom. The number of ether oxygens (including phenoxy) is 1. The van der Waals surface area contributed by atoms with Crippen LogP contribution < -0.4 is 5.32 Å². The molecule has 7 nitrogen and oxygen atoms in total. The quantitative estimate of drug-likeness (QED) is 0.430. The molecule has 0 aromatic heterocycles. The van der Waals surface area contributed by atoms with Crippen LogP contribution in [0, 0.1) is 0 Å². The molecule has 0 aliphatic heterocycles. The molecule has 0 rings (SSSR count). The number of aliphatic imine (C=N–C) groups is 1. The van der Waals surface area contributed by atoms with E-state index in [0.29, 0.717) is 0 Å². The van der Waals surface area contributed by atoms with E-state index >= 15 is 0 Å². The second kappa shape index (κ2) is 7.15. The number of carbonyl (C=O) groups excluding carboxylic acids is 3. The van der Waals surface area contributed by atoms with Gasteiger partial charge in [0.15, 0.2) is 0 Å². The molecule has 0 bridgehead atoms. The molecule has 0 aliphatic rings. The smallest absolute Gasteiger partial charge is 0.414 e. The minimum Gasteiger partial charge on any atom is -0.512 e. The van der Waals surface area contributed by atoms with E-state index in [-0.39, 0.29) is 17.9 Å². The third-order valence-electron chi connectivity index (χ3n) is 1.50. The summed E-state index contributed by atoms with van der Waals surface area (Å²) in [6.45, 7) is 4.10. The predicted octanol–water partition coefficient (Wildman–Crippen LogP) is 0.708. The first kappa shape index (κ1) is 14.8. The fraction of sp³-hybridized carbons (Fsp3) is 0.400. The van der Waals surface area contributed by atoms with Crippen LogP contribution in [0.15, 0.2) is 16.3 Å². The predicted molar refractivity (Wildman–Crippen MR) is 59.7 cm³/mol. The number of alkyl carbamates (subject to hydrolysis) is 1. The number of allylic oxidation sites excluding steroid dienone is 1. The van der Waals surface area contributed by atoms with Crippen molar-refractivity contribution in [2.75, 3.05) is 6.61 Å². The van der Waals surface area contributed by atoms with E-state index in [4.69, 9.17) is 0 Å². The van der Waals surface area contributed by atoms with Crippen molar-refractivity contribution in [3.8, 4) is 0 Å². The van der Waals surface area contributed by atoms with E-state index < -0.39 is 17.9 Å². The van der Waals surface area contributed by atoms with Crippen molar-refractivity contribution in [3.05, 3.63) is 11.3 Å². The van der Waals surface area contributed by atoms with Crippen LogP contribution in [0.25, 0.3) is 0 Å². The highest BCUT2D eigenvalue weighted by molar-refractivity contribution is 6.17. The van der Waals surface area contributed by atoms with Crippen LogP contribution in [0.2, 0.25) is 0 Å². The number of nitrogens with one attached hydrogen (secondary N) is 1. The first-order valence-corrected chi connectivity index (χ1v) is 4.81. The summed E-state index contributed by atoms with van der Waals surface area (Å²) in [4.78, 5) is 36.3. The molecule has 7 heteroatoms. The topological polar surface area (TPSA) is 105 Å². The zero-order valence-electron chi connectivity index (χ0n) is 9.81. The van der Waals surface area contributed by atoms with Gasteiger partial charge in [0.25, 0.3) is 5.91 Å². The minimum atomic E-state index is -0.938. The number of hydrogen-bond donors (Lipinski definition) is 2. The summed E-state index contributed by atoms with van der Waals surface area (Å²) in [5, 5.41) is 11.1. The molecule has 94 valence electrons. The number of carbonyl (C=O) groups is 3. The monoisotopic (exact) mass is 242 g/mol. The fourth-order valence-corrected chi connectivity index (χ4v) is 0.799. The lowest BCUT2D eigenvalue weighted by Gasteiger charge is -2.04. The standard InChI is InChI=1S/C10H14N2O5/c1-4-17-10(16)12-9(15)8(6(2)13)5-11-7(3)14/h5,13H,4H2,1-3H3,(H,12,15,16). The van der Waals surface area contributed by atoms with Crippen LogP contribution in [0.5, 0.6) is 0 Å². The molecule has 0 saturated carbocycles. The Bertz CT molecular complexity index is 380. The van der Waals surface area contributed by atoms with Crippen molar-refractivity contribution in [1.82, 2.24) is 5.32 Å². The molecule has 0 unspecified atom stereocenters. The molecule has 0 aromatic rings. The van der Waals surface area contributed by atoms with Gasteiger partial charge in [0, 0.05) is 13.1 Å². The Morgan fingerprint density at radius 1 is 1.35 bits per heavy atom. The summed E-state index contributed by atoms with van der Waals surface area (Å²) in [6.07, 6.45) is -0.0563. The van der Waals surface area contributed by atoms with E-state index in [1.54, 1.807) is 6.92 Å². The molecule has 17 heavy (non-hydrogen) atoms. The zero-order valence-corrected chi connectivity index (χ0v) is 9.81. The van der Waals surface area contributed by atoms with Gasteiger partial charge < -0.3 is 9.84 Å². The highest BCUT2D eigenvalue weighted by Gasteiger charge is 2.15. The SMILES string of the molecule is CCOC(=O)NC(=O)C(C=NC(C)=O)=C(C)O. The Morgan fingerprint density at radius 2 is 1.94 bits per heavy atom. The summed E-state index contributed by atoms with van der Waals surface area (Å²) < 4.78 is 4.48. The van der Waals surface area contributed by atoms with Gasteiger partial charge in [-0.1, -0.05) is 0 Å². The number of aliphatic hydroxyl groups is 1. The van der Waals surface area contributed by atoms with Crippen molar-refractivity contribution in [3.63, 3.8) is 0 Å². The Balaban J connectivity index is 4.76. The minimum absolute atomic E-state index is 0.109. The molecule has 3 amide bonds. The van der Waals surface area contributed by atoms with Gasteiger partial charge in [0.05, 0.1) is 12.2 Å². The first-order chi connectivity index (χ1) is 7.88. The molecular weight excluding hydrogens is 228 g/mol. The van der Waals surface area contributed by atoms with E-state index in [2.05, 4.69) is 9.73 Å². The summed E-state index contributed by atoms with van der Waals surface area (Å²) >= 11 is 0. The van der Waals surface area contributed by atoms with Gasteiger partial charge in [0.2, 0.25) is 5.91 Å². The molecule has 0 aromatic carbocycles. The van der Waals surface area contributed by atoms with Crippen molar-refractivity contribution >= 4 is 24.1 Å². The molecule has 0 radical (unpaired) electrons. The van der Waals surface area contributed by atoms with Crippen LogP contribution in [-0.2, 0) is 14.3 Å². The van der Waals surface area contributed by atoms with Gasteiger partial charge in [0.1, 0.15) is 5.76 Å². The van der Waals surface area contributed by atoms with Crippen LogP contribution in [-0.4, -0.2) is 35.8 Å². The van der Waals surface area contributed by atoms with Gasteiger partial charge in [-0.25, -0.2) is 9.79 Å². The van der Waals surface area contributed by atoms with Crippen LogP contribution in [0.4, 0.5) is 4.79 Å². The number of rotatable bonds is 3. The van der Waals surface area contributed by atoms with Crippen molar-refractivity contribution in [2.24, 2.45) is 4.99 Å². The third-order valence-corrected chi connectivity index (χ3v) is 1.50. The van der Waals surface area contributed by atoms with Gasteiger partial charge in [-0.15, -0.1) is 0 Å².